The molecule has 0 aromatic heterocycles. The van der Waals surface area contributed by atoms with Crippen LogP contribution in [0.2, 0.25) is 10.0 Å². The Labute approximate surface area is 140 Å². The fraction of sp³-hybridized carbons (Fsp3) is 0.533. The second-order valence-corrected chi connectivity index (χ2v) is 7.28. The number of hydrogen-bond donors (Lipinski definition) is 1. The van der Waals surface area contributed by atoms with E-state index in [0.717, 1.165) is 0 Å². The zero-order valence-corrected chi connectivity index (χ0v) is 14.5. The highest BCUT2D eigenvalue weighted by Gasteiger charge is 2.54. The van der Waals surface area contributed by atoms with Crippen LogP contribution in [-0.4, -0.2) is 29.4 Å². The van der Waals surface area contributed by atoms with Crippen LogP contribution >= 0.6 is 23.2 Å². The standard InChI is InChI=1S/C15H19BCl2O4/c1-14(2)15(3,4)22-16(21-14)9(8-12(19)20)13-10(17)6-5-7-11(13)18/h5-7,9H,8H2,1-4H3,(H,19,20). The number of carboxylic acid groups (broad SMARTS) is 1. The minimum Gasteiger partial charge on any atom is -0.481 e. The zero-order valence-electron chi connectivity index (χ0n) is 13.0. The maximum atomic E-state index is 11.3. The van der Waals surface area contributed by atoms with Crippen molar-refractivity contribution in [1.29, 1.82) is 0 Å². The molecule has 1 aliphatic rings. The summed E-state index contributed by atoms with van der Waals surface area (Å²) in [4.78, 5) is 11.3. The van der Waals surface area contributed by atoms with Gasteiger partial charge in [0.25, 0.3) is 0 Å². The van der Waals surface area contributed by atoms with Crippen molar-refractivity contribution in [3.63, 3.8) is 0 Å². The topological polar surface area (TPSA) is 55.8 Å². The van der Waals surface area contributed by atoms with Crippen molar-refractivity contribution in [2.24, 2.45) is 0 Å². The van der Waals surface area contributed by atoms with E-state index in [4.69, 9.17) is 32.5 Å². The largest absolute Gasteiger partial charge is 0.481 e. The van der Waals surface area contributed by atoms with Crippen LogP contribution in [0.4, 0.5) is 0 Å². The van der Waals surface area contributed by atoms with Gasteiger partial charge in [0.2, 0.25) is 0 Å². The van der Waals surface area contributed by atoms with Crippen LogP contribution < -0.4 is 0 Å². The number of aliphatic carboxylic acids is 1. The van der Waals surface area contributed by atoms with E-state index >= 15 is 0 Å². The first kappa shape index (κ1) is 17.6. The third kappa shape index (κ3) is 3.28. The molecule has 0 saturated carbocycles. The molecule has 0 amide bonds. The number of halogens is 2. The van der Waals surface area contributed by atoms with Gasteiger partial charge in [-0.2, -0.15) is 0 Å². The van der Waals surface area contributed by atoms with Crippen molar-refractivity contribution in [3.05, 3.63) is 33.8 Å². The second-order valence-electron chi connectivity index (χ2n) is 6.46. The molecule has 0 spiro atoms. The van der Waals surface area contributed by atoms with Gasteiger partial charge in [0.1, 0.15) is 0 Å². The molecule has 1 fully saturated rings. The fourth-order valence-electron chi connectivity index (χ4n) is 2.44. The Bertz CT molecular complexity index is 553. The minimum atomic E-state index is -0.962. The fourth-order valence-corrected chi connectivity index (χ4v) is 3.12. The Balaban J connectivity index is 2.43. The summed E-state index contributed by atoms with van der Waals surface area (Å²) in [5.74, 6) is -1.55. The predicted octanol–water partition coefficient (Wildman–Crippen LogP) is 4.18. The Morgan fingerprint density at radius 2 is 1.64 bits per heavy atom. The van der Waals surface area contributed by atoms with Gasteiger partial charge in [-0.15, -0.1) is 0 Å². The predicted molar refractivity (Wildman–Crippen MR) is 87.5 cm³/mol. The first-order valence-electron chi connectivity index (χ1n) is 7.06. The number of carboxylic acids is 1. The van der Waals surface area contributed by atoms with E-state index in [2.05, 4.69) is 0 Å². The monoisotopic (exact) mass is 344 g/mol. The van der Waals surface area contributed by atoms with Crippen molar-refractivity contribution >= 4 is 36.3 Å². The Kier molecular flexibility index (Phi) is 4.84. The molecule has 0 aliphatic carbocycles. The minimum absolute atomic E-state index is 0.180. The zero-order chi connectivity index (χ0) is 16.7. The van der Waals surface area contributed by atoms with E-state index in [1.165, 1.54) is 0 Å². The van der Waals surface area contributed by atoms with E-state index in [-0.39, 0.29) is 6.42 Å². The summed E-state index contributed by atoms with van der Waals surface area (Å²) in [6, 6.07) is 5.09. The highest BCUT2D eigenvalue weighted by Crippen LogP contribution is 2.44. The first-order chi connectivity index (χ1) is 10.0. The molecule has 1 aromatic rings. The van der Waals surface area contributed by atoms with Gasteiger partial charge in [0.05, 0.1) is 17.6 Å². The number of rotatable bonds is 4. The van der Waals surface area contributed by atoms with Gasteiger partial charge in [-0.1, -0.05) is 29.3 Å². The lowest BCUT2D eigenvalue weighted by Gasteiger charge is -2.32. The van der Waals surface area contributed by atoms with Crippen molar-refractivity contribution < 1.29 is 19.2 Å². The molecular weight excluding hydrogens is 326 g/mol. The van der Waals surface area contributed by atoms with Gasteiger partial charge >= 0.3 is 13.1 Å². The van der Waals surface area contributed by atoms with Gasteiger partial charge in [-0.3, -0.25) is 4.79 Å². The summed E-state index contributed by atoms with van der Waals surface area (Å²) in [7, 11) is -0.724. The molecule has 2 rings (SSSR count). The molecule has 22 heavy (non-hydrogen) atoms. The van der Waals surface area contributed by atoms with E-state index in [1.807, 2.05) is 27.7 Å². The van der Waals surface area contributed by atoms with Crippen LogP contribution in [0.3, 0.4) is 0 Å². The molecule has 120 valence electrons. The lowest BCUT2D eigenvalue weighted by molar-refractivity contribution is -0.137. The molecule has 1 N–H and O–H groups in total. The van der Waals surface area contributed by atoms with E-state index in [1.54, 1.807) is 18.2 Å². The molecule has 1 unspecified atom stereocenters. The van der Waals surface area contributed by atoms with Crippen LogP contribution in [0.5, 0.6) is 0 Å². The molecule has 1 aliphatic heterocycles. The summed E-state index contributed by atoms with van der Waals surface area (Å²) in [5.41, 5.74) is -0.559. The SMILES string of the molecule is CC1(C)OB(C(CC(=O)O)c2c(Cl)cccc2Cl)OC1(C)C. The van der Waals surface area contributed by atoms with E-state index < -0.39 is 30.1 Å². The third-order valence-corrected chi connectivity index (χ3v) is 5.02. The highest BCUT2D eigenvalue weighted by atomic mass is 35.5. The number of hydrogen-bond acceptors (Lipinski definition) is 3. The van der Waals surface area contributed by atoms with Crippen LogP contribution in [0.25, 0.3) is 0 Å². The van der Waals surface area contributed by atoms with Gasteiger partial charge in [-0.25, -0.2) is 0 Å². The van der Waals surface area contributed by atoms with Gasteiger partial charge in [0.15, 0.2) is 0 Å². The van der Waals surface area contributed by atoms with Crippen LogP contribution in [-0.2, 0) is 14.1 Å². The van der Waals surface area contributed by atoms with Gasteiger partial charge in [-0.05, 0) is 45.4 Å². The summed E-state index contributed by atoms with van der Waals surface area (Å²) in [6.07, 6.45) is -0.180. The van der Waals surface area contributed by atoms with Gasteiger partial charge in [0, 0.05) is 15.9 Å². The third-order valence-electron chi connectivity index (χ3n) is 4.37. The molecule has 7 heteroatoms. The molecule has 1 aromatic carbocycles. The molecular formula is C15H19BCl2O4. The summed E-state index contributed by atoms with van der Waals surface area (Å²) in [6.45, 7) is 7.66. The first-order valence-corrected chi connectivity index (χ1v) is 7.82. The van der Waals surface area contributed by atoms with Crippen LogP contribution in [0, 0.1) is 0 Å². The van der Waals surface area contributed by atoms with Crippen molar-refractivity contribution in [2.75, 3.05) is 0 Å². The van der Waals surface area contributed by atoms with Crippen molar-refractivity contribution in [2.45, 2.75) is 51.1 Å². The average molecular weight is 345 g/mol. The Morgan fingerprint density at radius 1 is 1.18 bits per heavy atom. The Morgan fingerprint density at radius 3 is 2.05 bits per heavy atom. The summed E-state index contributed by atoms with van der Waals surface area (Å²) >= 11 is 12.5. The molecule has 1 saturated heterocycles. The van der Waals surface area contributed by atoms with Crippen LogP contribution in [0.1, 0.15) is 45.5 Å². The summed E-state index contributed by atoms with van der Waals surface area (Å²) in [5, 5.41) is 10.1. The van der Waals surface area contributed by atoms with Crippen molar-refractivity contribution in [3.8, 4) is 0 Å². The van der Waals surface area contributed by atoms with E-state index in [9.17, 15) is 9.90 Å². The lowest BCUT2D eigenvalue weighted by Crippen LogP contribution is -2.41. The Hall–Kier alpha value is -0.745. The van der Waals surface area contributed by atoms with Gasteiger partial charge < -0.3 is 14.4 Å². The van der Waals surface area contributed by atoms with Crippen molar-refractivity contribution in [1.82, 2.24) is 0 Å². The number of carbonyl (C=O) groups is 1. The normalized spacial score (nSPS) is 20.9. The molecule has 1 heterocycles. The number of benzene rings is 1. The average Bonchev–Trinajstić information content (AvgIpc) is 2.56. The quantitative estimate of drug-likeness (QED) is 0.832. The molecule has 0 radical (unpaired) electrons. The maximum absolute atomic E-state index is 11.3. The van der Waals surface area contributed by atoms with E-state index in [0.29, 0.717) is 15.6 Å². The molecule has 0 bridgehead atoms. The van der Waals surface area contributed by atoms with Crippen LogP contribution in [0.15, 0.2) is 18.2 Å². The second kappa shape index (κ2) is 6.04. The maximum Gasteiger partial charge on any atom is 0.466 e. The smallest absolute Gasteiger partial charge is 0.466 e. The summed E-state index contributed by atoms with van der Waals surface area (Å²) < 4.78 is 12.0. The highest BCUT2D eigenvalue weighted by molar-refractivity contribution is 6.49. The molecule has 1 atom stereocenters. The molecule has 4 nitrogen and oxygen atoms in total. The lowest BCUT2D eigenvalue weighted by atomic mass is 9.66.